The maximum absolute atomic E-state index is 12.8. The molecule has 1 N–H and O–H groups in total. The Hall–Kier alpha value is -1.77. The van der Waals surface area contributed by atoms with Crippen LogP contribution in [0.25, 0.3) is 0 Å². The first-order chi connectivity index (χ1) is 12.4. The van der Waals surface area contributed by atoms with Gasteiger partial charge >= 0.3 is 0 Å². The smallest absolute Gasteiger partial charge is 0.267 e. The Morgan fingerprint density at radius 2 is 1.85 bits per heavy atom. The van der Waals surface area contributed by atoms with Gasteiger partial charge in [-0.1, -0.05) is 19.3 Å². The Morgan fingerprint density at radius 3 is 2.42 bits per heavy atom. The van der Waals surface area contributed by atoms with E-state index in [0.29, 0.717) is 16.3 Å². The van der Waals surface area contributed by atoms with Gasteiger partial charge in [-0.15, -0.1) is 11.3 Å². The van der Waals surface area contributed by atoms with E-state index in [-0.39, 0.29) is 16.8 Å². The summed E-state index contributed by atoms with van der Waals surface area (Å²) in [6.45, 7) is 1.78. The number of benzene rings is 1. The number of anilines is 1. The van der Waals surface area contributed by atoms with E-state index in [2.05, 4.69) is 10.3 Å². The zero-order valence-electron chi connectivity index (χ0n) is 14.9. The number of sulfonamides is 1. The molecule has 0 saturated heterocycles. The lowest BCUT2D eigenvalue weighted by molar-refractivity contribution is 0.103. The highest BCUT2D eigenvalue weighted by atomic mass is 32.2. The number of hydrogen-bond donors (Lipinski definition) is 1. The molecule has 0 aliphatic heterocycles. The molecule has 1 aromatic heterocycles. The Balaban J connectivity index is 1.72. The number of carbonyl (C=O) groups excluding carboxylic acids is 1. The van der Waals surface area contributed by atoms with Gasteiger partial charge in [0.25, 0.3) is 5.91 Å². The number of carbonyl (C=O) groups is 1. The van der Waals surface area contributed by atoms with Gasteiger partial charge in [-0.2, -0.15) is 4.31 Å². The molecular formula is C18H23N3O3S2. The van der Waals surface area contributed by atoms with E-state index in [1.165, 1.54) is 22.1 Å². The topological polar surface area (TPSA) is 79.4 Å². The molecule has 1 fully saturated rings. The predicted molar refractivity (Wildman–Crippen MR) is 103 cm³/mol. The molecule has 0 radical (unpaired) electrons. The van der Waals surface area contributed by atoms with Crippen molar-refractivity contribution in [2.45, 2.75) is 50.0 Å². The summed E-state index contributed by atoms with van der Waals surface area (Å²) in [6.07, 6.45) is 5.16. The molecule has 3 rings (SSSR count). The van der Waals surface area contributed by atoms with Crippen LogP contribution in [0.4, 0.5) is 5.69 Å². The second-order valence-corrected chi connectivity index (χ2v) is 9.41. The van der Waals surface area contributed by atoms with Gasteiger partial charge in [0, 0.05) is 18.8 Å². The average Bonchev–Trinajstić information content (AvgIpc) is 3.08. The number of amides is 1. The molecule has 1 amide bonds. The average molecular weight is 394 g/mol. The fraction of sp³-hybridized carbons (Fsp3) is 0.444. The van der Waals surface area contributed by atoms with E-state index in [4.69, 9.17) is 0 Å². The van der Waals surface area contributed by atoms with Crippen molar-refractivity contribution in [1.29, 1.82) is 0 Å². The van der Waals surface area contributed by atoms with Crippen LogP contribution in [0.1, 0.15) is 47.5 Å². The summed E-state index contributed by atoms with van der Waals surface area (Å²) in [5, 5.41) is 2.78. The van der Waals surface area contributed by atoms with Crippen LogP contribution in [0.5, 0.6) is 0 Å². The van der Waals surface area contributed by atoms with Crippen molar-refractivity contribution in [2.75, 3.05) is 12.4 Å². The van der Waals surface area contributed by atoms with Gasteiger partial charge in [0.1, 0.15) is 4.88 Å². The number of nitrogens with one attached hydrogen (secondary N) is 1. The molecular weight excluding hydrogens is 370 g/mol. The zero-order valence-corrected chi connectivity index (χ0v) is 16.6. The Morgan fingerprint density at radius 1 is 1.19 bits per heavy atom. The third kappa shape index (κ3) is 3.97. The van der Waals surface area contributed by atoms with Crippen LogP contribution in [0, 0.1) is 6.92 Å². The summed E-state index contributed by atoms with van der Waals surface area (Å²) in [5.74, 6) is -0.236. The van der Waals surface area contributed by atoms with Crippen LogP contribution in [-0.2, 0) is 10.0 Å². The largest absolute Gasteiger partial charge is 0.321 e. The molecule has 8 heteroatoms. The maximum Gasteiger partial charge on any atom is 0.267 e. The van der Waals surface area contributed by atoms with E-state index in [9.17, 15) is 13.2 Å². The molecule has 2 aromatic rings. The number of aryl methyl sites for hydroxylation is 1. The standard InChI is InChI=1S/C18H23N3O3S2/c1-13-17(25-12-19-13)18(22)20-14-8-10-16(11-9-14)26(23,24)21(2)15-6-4-3-5-7-15/h8-12,15H,3-7H2,1-2H3,(H,20,22). The SMILES string of the molecule is Cc1ncsc1C(=O)Nc1ccc(S(=O)(=O)N(C)C2CCCCC2)cc1. The highest BCUT2D eigenvalue weighted by molar-refractivity contribution is 7.89. The minimum absolute atomic E-state index is 0.0717. The fourth-order valence-corrected chi connectivity index (χ4v) is 5.34. The number of nitrogens with zero attached hydrogens (tertiary/aromatic N) is 2. The monoisotopic (exact) mass is 393 g/mol. The summed E-state index contributed by atoms with van der Waals surface area (Å²) in [7, 11) is -1.86. The highest BCUT2D eigenvalue weighted by Crippen LogP contribution is 2.27. The molecule has 6 nitrogen and oxygen atoms in total. The Bertz CT molecular complexity index is 869. The van der Waals surface area contributed by atoms with Crippen molar-refractivity contribution >= 4 is 33.0 Å². The Kier molecular flexibility index (Phi) is 5.74. The van der Waals surface area contributed by atoms with Crippen LogP contribution >= 0.6 is 11.3 Å². The van der Waals surface area contributed by atoms with Crippen LogP contribution < -0.4 is 5.32 Å². The molecule has 1 aliphatic carbocycles. The molecule has 26 heavy (non-hydrogen) atoms. The minimum Gasteiger partial charge on any atom is -0.321 e. The number of rotatable bonds is 5. The van der Waals surface area contributed by atoms with Crippen molar-refractivity contribution in [1.82, 2.24) is 9.29 Å². The van der Waals surface area contributed by atoms with Gasteiger partial charge in [0.15, 0.2) is 0 Å². The summed E-state index contributed by atoms with van der Waals surface area (Å²) in [5.41, 5.74) is 2.86. The normalized spacial score (nSPS) is 16.0. The summed E-state index contributed by atoms with van der Waals surface area (Å²) >= 11 is 1.28. The molecule has 0 atom stereocenters. The van der Waals surface area contributed by atoms with Crippen molar-refractivity contribution in [3.63, 3.8) is 0 Å². The van der Waals surface area contributed by atoms with Crippen LogP contribution in [0.3, 0.4) is 0 Å². The summed E-state index contributed by atoms with van der Waals surface area (Å²) < 4.78 is 27.2. The first-order valence-corrected chi connectivity index (χ1v) is 11.0. The maximum atomic E-state index is 12.8. The summed E-state index contributed by atoms with van der Waals surface area (Å²) in [6, 6.07) is 6.40. The first-order valence-electron chi connectivity index (χ1n) is 8.69. The predicted octanol–water partition coefficient (Wildman–Crippen LogP) is 3.66. The van der Waals surface area contributed by atoms with E-state index in [0.717, 1.165) is 25.7 Å². The molecule has 0 unspecified atom stereocenters. The van der Waals surface area contributed by atoms with Gasteiger partial charge in [-0.25, -0.2) is 13.4 Å². The second kappa shape index (κ2) is 7.85. The van der Waals surface area contributed by atoms with Crippen LogP contribution in [0.15, 0.2) is 34.7 Å². The zero-order chi connectivity index (χ0) is 18.7. The lowest BCUT2D eigenvalue weighted by Crippen LogP contribution is -2.38. The van der Waals surface area contributed by atoms with Gasteiger partial charge in [0.2, 0.25) is 10.0 Å². The second-order valence-electron chi connectivity index (χ2n) is 6.56. The third-order valence-electron chi connectivity index (χ3n) is 4.83. The molecule has 0 bridgehead atoms. The molecule has 1 heterocycles. The quantitative estimate of drug-likeness (QED) is 0.841. The molecule has 0 spiro atoms. The van der Waals surface area contributed by atoms with Crippen molar-refractivity contribution in [3.05, 3.63) is 40.3 Å². The molecule has 1 aromatic carbocycles. The lowest BCUT2D eigenvalue weighted by atomic mass is 9.96. The van der Waals surface area contributed by atoms with Crippen LogP contribution in [-0.4, -0.2) is 36.7 Å². The number of hydrogen-bond acceptors (Lipinski definition) is 5. The molecule has 1 aliphatic rings. The molecule has 1 saturated carbocycles. The Labute approximate surface area is 158 Å². The number of aromatic nitrogens is 1. The van der Waals surface area contributed by atoms with Crippen molar-refractivity contribution < 1.29 is 13.2 Å². The third-order valence-corrected chi connectivity index (χ3v) is 7.68. The first kappa shape index (κ1) is 19.0. The minimum atomic E-state index is -3.52. The van der Waals surface area contributed by atoms with Crippen molar-refractivity contribution in [2.24, 2.45) is 0 Å². The van der Waals surface area contributed by atoms with Crippen molar-refractivity contribution in [3.8, 4) is 0 Å². The van der Waals surface area contributed by atoms with Gasteiger partial charge in [-0.3, -0.25) is 4.79 Å². The van der Waals surface area contributed by atoms with E-state index >= 15 is 0 Å². The molecule has 140 valence electrons. The fourth-order valence-electron chi connectivity index (χ4n) is 3.23. The number of thiazole rings is 1. The van der Waals surface area contributed by atoms with E-state index in [1.807, 2.05) is 0 Å². The summed E-state index contributed by atoms with van der Waals surface area (Å²) in [4.78, 5) is 17.1. The van der Waals surface area contributed by atoms with Gasteiger partial charge in [-0.05, 0) is 44.0 Å². The van der Waals surface area contributed by atoms with Crippen LogP contribution in [0.2, 0.25) is 0 Å². The lowest BCUT2D eigenvalue weighted by Gasteiger charge is -2.30. The van der Waals surface area contributed by atoms with E-state index < -0.39 is 10.0 Å². The van der Waals surface area contributed by atoms with Gasteiger partial charge < -0.3 is 5.32 Å². The highest BCUT2D eigenvalue weighted by Gasteiger charge is 2.29. The van der Waals surface area contributed by atoms with Gasteiger partial charge in [0.05, 0.1) is 16.1 Å². The van der Waals surface area contributed by atoms with E-state index in [1.54, 1.807) is 43.7 Å².